The van der Waals surface area contributed by atoms with Crippen LogP contribution in [0.4, 0.5) is 0 Å². The molecule has 0 bridgehead atoms. The maximum atomic E-state index is 11.3. The quantitative estimate of drug-likeness (QED) is 0.557. The Morgan fingerprint density at radius 3 is 2.92 bits per heavy atom. The molecular formula is C12H18O. The third kappa shape index (κ3) is 1.70. The van der Waals surface area contributed by atoms with Crippen LogP contribution < -0.4 is 0 Å². The maximum Gasteiger partial charge on any atom is 0.155 e. The SMILES string of the molecule is C[C@H]1CC2=CC(=O)CC[C@@H]2[C@@H](C)C1. The van der Waals surface area contributed by atoms with E-state index in [1.165, 1.54) is 18.4 Å². The molecule has 2 rings (SSSR count). The van der Waals surface area contributed by atoms with Crippen molar-refractivity contribution >= 4 is 5.78 Å². The van der Waals surface area contributed by atoms with Gasteiger partial charge in [-0.1, -0.05) is 19.4 Å². The van der Waals surface area contributed by atoms with Crippen LogP contribution >= 0.6 is 0 Å². The van der Waals surface area contributed by atoms with Gasteiger partial charge in [0.05, 0.1) is 0 Å². The predicted octanol–water partition coefficient (Wildman–Crippen LogP) is 2.96. The van der Waals surface area contributed by atoms with Crippen LogP contribution in [0, 0.1) is 17.8 Å². The lowest BCUT2D eigenvalue weighted by Crippen LogP contribution is -2.27. The number of hydrogen-bond acceptors (Lipinski definition) is 1. The Hall–Kier alpha value is -0.590. The summed E-state index contributed by atoms with van der Waals surface area (Å²) in [5, 5.41) is 0. The molecule has 13 heavy (non-hydrogen) atoms. The molecular weight excluding hydrogens is 160 g/mol. The lowest BCUT2D eigenvalue weighted by Gasteiger charge is -2.37. The van der Waals surface area contributed by atoms with Crippen molar-refractivity contribution in [1.82, 2.24) is 0 Å². The topological polar surface area (TPSA) is 17.1 Å². The highest BCUT2D eigenvalue weighted by atomic mass is 16.1. The summed E-state index contributed by atoms with van der Waals surface area (Å²) in [7, 11) is 0. The molecule has 0 heterocycles. The molecule has 1 heteroatoms. The first-order chi connectivity index (χ1) is 6.16. The number of allylic oxidation sites excluding steroid dienone is 2. The first-order valence-electron chi connectivity index (χ1n) is 5.40. The third-order valence-electron chi connectivity index (χ3n) is 3.57. The minimum absolute atomic E-state index is 0.354. The van der Waals surface area contributed by atoms with Gasteiger partial charge in [-0.15, -0.1) is 0 Å². The molecule has 0 aromatic heterocycles. The Morgan fingerprint density at radius 1 is 1.38 bits per heavy atom. The van der Waals surface area contributed by atoms with E-state index in [-0.39, 0.29) is 0 Å². The van der Waals surface area contributed by atoms with Crippen LogP contribution in [0.1, 0.15) is 39.5 Å². The Kier molecular flexibility index (Phi) is 2.27. The smallest absolute Gasteiger partial charge is 0.155 e. The van der Waals surface area contributed by atoms with Crippen LogP contribution in [0.5, 0.6) is 0 Å². The van der Waals surface area contributed by atoms with E-state index in [2.05, 4.69) is 13.8 Å². The number of carbonyl (C=O) groups excluding carboxylic acids is 1. The summed E-state index contributed by atoms with van der Waals surface area (Å²) in [6.45, 7) is 4.64. The van der Waals surface area contributed by atoms with Crippen LogP contribution in [0.15, 0.2) is 11.6 Å². The number of ketones is 1. The maximum absolute atomic E-state index is 11.3. The molecule has 0 amide bonds. The van der Waals surface area contributed by atoms with Gasteiger partial charge in [0.1, 0.15) is 0 Å². The summed E-state index contributed by atoms with van der Waals surface area (Å²) in [5.41, 5.74) is 1.45. The minimum atomic E-state index is 0.354. The number of fused-ring (bicyclic) bond motifs is 1. The van der Waals surface area contributed by atoms with Gasteiger partial charge in [0.25, 0.3) is 0 Å². The molecule has 1 fully saturated rings. The van der Waals surface area contributed by atoms with Crippen molar-refractivity contribution in [3.63, 3.8) is 0 Å². The van der Waals surface area contributed by atoms with Gasteiger partial charge in [-0.05, 0) is 43.1 Å². The van der Waals surface area contributed by atoms with Gasteiger partial charge in [-0.2, -0.15) is 0 Å². The summed E-state index contributed by atoms with van der Waals surface area (Å²) in [6.07, 6.45) is 6.34. The van der Waals surface area contributed by atoms with Gasteiger partial charge in [0, 0.05) is 6.42 Å². The average Bonchev–Trinajstić information content (AvgIpc) is 2.02. The summed E-state index contributed by atoms with van der Waals surface area (Å²) in [6, 6.07) is 0. The zero-order chi connectivity index (χ0) is 9.42. The minimum Gasteiger partial charge on any atom is -0.295 e. The van der Waals surface area contributed by atoms with E-state index in [4.69, 9.17) is 0 Å². The van der Waals surface area contributed by atoms with Crippen molar-refractivity contribution in [3.8, 4) is 0 Å². The first kappa shape index (κ1) is 8.98. The van der Waals surface area contributed by atoms with Crippen molar-refractivity contribution in [2.45, 2.75) is 39.5 Å². The van der Waals surface area contributed by atoms with Crippen LogP contribution in [-0.4, -0.2) is 5.78 Å². The van der Waals surface area contributed by atoms with Crippen LogP contribution in [-0.2, 0) is 4.79 Å². The van der Waals surface area contributed by atoms with Gasteiger partial charge in [-0.3, -0.25) is 4.79 Å². The van der Waals surface area contributed by atoms with Gasteiger partial charge in [-0.25, -0.2) is 0 Å². The fraction of sp³-hybridized carbons (Fsp3) is 0.750. The second-order valence-corrected chi connectivity index (χ2v) is 4.85. The number of rotatable bonds is 0. The van der Waals surface area contributed by atoms with Crippen molar-refractivity contribution in [2.24, 2.45) is 17.8 Å². The molecule has 0 spiro atoms. The average molecular weight is 178 g/mol. The first-order valence-corrected chi connectivity index (χ1v) is 5.40. The van der Waals surface area contributed by atoms with Gasteiger partial charge in [0.15, 0.2) is 5.78 Å². The molecule has 0 aromatic carbocycles. The van der Waals surface area contributed by atoms with Gasteiger partial charge >= 0.3 is 0 Å². The molecule has 0 saturated heterocycles. The van der Waals surface area contributed by atoms with Gasteiger partial charge in [0.2, 0.25) is 0 Å². The highest BCUT2D eigenvalue weighted by Crippen LogP contribution is 2.41. The second-order valence-electron chi connectivity index (χ2n) is 4.85. The third-order valence-corrected chi connectivity index (χ3v) is 3.57. The summed E-state index contributed by atoms with van der Waals surface area (Å²) in [5.74, 6) is 2.66. The zero-order valence-electron chi connectivity index (χ0n) is 8.55. The Morgan fingerprint density at radius 2 is 2.15 bits per heavy atom. The van der Waals surface area contributed by atoms with E-state index in [0.717, 1.165) is 30.6 Å². The normalized spacial score (nSPS) is 39.7. The molecule has 0 aromatic rings. The van der Waals surface area contributed by atoms with E-state index < -0.39 is 0 Å². The lowest BCUT2D eigenvalue weighted by molar-refractivity contribution is -0.115. The van der Waals surface area contributed by atoms with E-state index in [9.17, 15) is 4.79 Å². The zero-order valence-corrected chi connectivity index (χ0v) is 8.55. The molecule has 0 radical (unpaired) electrons. The molecule has 0 N–H and O–H groups in total. The molecule has 2 aliphatic carbocycles. The van der Waals surface area contributed by atoms with Crippen molar-refractivity contribution < 1.29 is 4.79 Å². The highest BCUT2D eigenvalue weighted by molar-refractivity contribution is 5.91. The number of carbonyl (C=O) groups is 1. The Balaban J connectivity index is 2.21. The summed E-state index contributed by atoms with van der Waals surface area (Å²) in [4.78, 5) is 11.3. The van der Waals surface area contributed by atoms with Crippen molar-refractivity contribution in [2.75, 3.05) is 0 Å². The molecule has 1 nitrogen and oxygen atoms in total. The fourth-order valence-electron chi connectivity index (χ4n) is 3.01. The Labute approximate surface area is 80.2 Å². The standard InChI is InChI=1S/C12H18O/c1-8-5-9(2)12-4-3-11(13)7-10(12)6-8/h7-9,12H,3-6H2,1-2H3/t8-,9+,12-/m1/s1. The molecule has 0 aliphatic heterocycles. The van der Waals surface area contributed by atoms with Gasteiger partial charge < -0.3 is 0 Å². The van der Waals surface area contributed by atoms with Crippen LogP contribution in [0.3, 0.4) is 0 Å². The van der Waals surface area contributed by atoms with E-state index in [0.29, 0.717) is 5.78 Å². The predicted molar refractivity (Wildman–Crippen MR) is 53.4 cm³/mol. The Bertz CT molecular complexity index is 252. The van der Waals surface area contributed by atoms with Crippen molar-refractivity contribution in [1.29, 1.82) is 0 Å². The highest BCUT2D eigenvalue weighted by Gasteiger charge is 2.31. The van der Waals surface area contributed by atoms with Crippen LogP contribution in [0.25, 0.3) is 0 Å². The summed E-state index contributed by atoms with van der Waals surface area (Å²) >= 11 is 0. The van der Waals surface area contributed by atoms with E-state index in [1.54, 1.807) is 0 Å². The fourth-order valence-corrected chi connectivity index (χ4v) is 3.01. The van der Waals surface area contributed by atoms with E-state index in [1.807, 2.05) is 6.08 Å². The molecule has 1 saturated carbocycles. The summed E-state index contributed by atoms with van der Waals surface area (Å²) < 4.78 is 0. The van der Waals surface area contributed by atoms with E-state index >= 15 is 0 Å². The van der Waals surface area contributed by atoms with Crippen molar-refractivity contribution in [3.05, 3.63) is 11.6 Å². The molecule has 2 aliphatic rings. The molecule has 72 valence electrons. The van der Waals surface area contributed by atoms with Crippen LogP contribution in [0.2, 0.25) is 0 Å². The number of hydrogen-bond donors (Lipinski definition) is 0. The molecule has 3 atom stereocenters. The monoisotopic (exact) mass is 178 g/mol. The largest absolute Gasteiger partial charge is 0.295 e. The second kappa shape index (κ2) is 3.28. The molecule has 0 unspecified atom stereocenters. The lowest BCUT2D eigenvalue weighted by atomic mass is 9.68.